The molecule has 0 amide bonds. The molecule has 24 heavy (non-hydrogen) atoms. The fraction of sp³-hybridized carbons (Fsp3) is 0.444. The number of nitrogens with zero attached hydrogens (tertiary/aromatic N) is 3. The average Bonchev–Trinajstić information content (AvgIpc) is 2.67. The maximum atomic E-state index is 5.35. The van der Waals surface area contributed by atoms with Gasteiger partial charge in [0.2, 0.25) is 5.95 Å². The molecule has 1 aliphatic heterocycles. The molecule has 2 heterocycles. The van der Waals surface area contributed by atoms with Crippen molar-refractivity contribution in [1.29, 1.82) is 0 Å². The number of hydrogen-bond acceptors (Lipinski definition) is 6. The van der Waals surface area contributed by atoms with Gasteiger partial charge in [-0.25, -0.2) is 9.97 Å². The van der Waals surface area contributed by atoms with E-state index >= 15 is 0 Å². The lowest BCUT2D eigenvalue weighted by Gasteiger charge is -2.26. The van der Waals surface area contributed by atoms with E-state index in [1.165, 1.54) is 0 Å². The van der Waals surface area contributed by atoms with Crippen molar-refractivity contribution >= 4 is 5.95 Å². The Balaban J connectivity index is 1.45. The Labute approximate surface area is 142 Å². The highest BCUT2D eigenvalue weighted by Gasteiger charge is 2.09. The minimum atomic E-state index is 0.675. The van der Waals surface area contributed by atoms with E-state index in [0.29, 0.717) is 5.95 Å². The molecule has 2 aromatic rings. The van der Waals surface area contributed by atoms with Gasteiger partial charge in [0, 0.05) is 37.6 Å². The maximum Gasteiger partial charge on any atom is 0.222 e. The zero-order valence-corrected chi connectivity index (χ0v) is 14.1. The first-order valence-electron chi connectivity index (χ1n) is 8.35. The quantitative estimate of drug-likeness (QED) is 0.787. The number of anilines is 1. The largest absolute Gasteiger partial charge is 0.497 e. The van der Waals surface area contributed by atoms with Gasteiger partial charge in [-0.2, -0.15) is 0 Å². The number of aromatic nitrogens is 2. The molecule has 0 radical (unpaired) electrons. The van der Waals surface area contributed by atoms with Crippen molar-refractivity contribution in [2.45, 2.75) is 6.42 Å². The lowest BCUT2D eigenvalue weighted by molar-refractivity contribution is 0.0378. The van der Waals surface area contributed by atoms with E-state index < -0.39 is 0 Å². The highest BCUT2D eigenvalue weighted by Crippen LogP contribution is 2.21. The number of rotatable bonds is 7. The predicted octanol–water partition coefficient (Wildman–Crippen LogP) is 2.29. The smallest absolute Gasteiger partial charge is 0.222 e. The third-order valence-corrected chi connectivity index (χ3v) is 4.11. The van der Waals surface area contributed by atoms with Crippen LogP contribution in [0.15, 0.2) is 36.7 Å². The zero-order chi connectivity index (χ0) is 16.6. The van der Waals surface area contributed by atoms with Gasteiger partial charge < -0.3 is 14.8 Å². The van der Waals surface area contributed by atoms with Crippen molar-refractivity contribution < 1.29 is 9.47 Å². The molecule has 1 fully saturated rings. The van der Waals surface area contributed by atoms with Crippen molar-refractivity contribution in [3.8, 4) is 16.9 Å². The summed E-state index contributed by atoms with van der Waals surface area (Å²) in [5, 5.41) is 3.28. The van der Waals surface area contributed by atoms with Crippen LogP contribution >= 0.6 is 0 Å². The third-order valence-electron chi connectivity index (χ3n) is 4.11. The number of ether oxygens (including phenoxy) is 2. The van der Waals surface area contributed by atoms with E-state index in [1.807, 2.05) is 36.7 Å². The number of methoxy groups -OCH3 is 1. The highest BCUT2D eigenvalue weighted by molar-refractivity contribution is 5.62. The lowest BCUT2D eigenvalue weighted by Crippen LogP contribution is -2.37. The monoisotopic (exact) mass is 328 g/mol. The van der Waals surface area contributed by atoms with Crippen molar-refractivity contribution in [3.63, 3.8) is 0 Å². The van der Waals surface area contributed by atoms with Crippen LogP contribution in [-0.2, 0) is 4.74 Å². The molecule has 128 valence electrons. The number of benzene rings is 1. The maximum absolute atomic E-state index is 5.35. The number of hydrogen-bond donors (Lipinski definition) is 1. The van der Waals surface area contributed by atoms with Crippen molar-refractivity contribution in [1.82, 2.24) is 14.9 Å². The van der Waals surface area contributed by atoms with Gasteiger partial charge in [0.05, 0.1) is 20.3 Å². The van der Waals surface area contributed by atoms with Gasteiger partial charge in [0.1, 0.15) is 5.75 Å². The van der Waals surface area contributed by atoms with E-state index in [4.69, 9.17) is 9.47 Å². The molecule has 0 spiro atoms. The Hall–Kier alpha value is -2.18. The SMILES string of the molecule is COc1ccc(-c2cnc(NCCCN3CCOCC3)nc2)cc1. The molecule has 0 aliphatic carbocycles. The normalized spacial score (nSPS) is 15.2. The first-order valence-corrected chi connectivity index (χ1v) is 8.35. The Bertz CT molecular complexity index is 610. The molecule has 0 saturated carbocycles. The second kappa shape index (κ2) is 8.61. The Morgan fingerprint density at radius 3 is 2.46 bits per heavy atom. The minimum absolute atomic E-state index is 0.675. The molecule has 1 aliphatic rings. The van der Waals surface area contributed by atoms with Crippen molar-refractivity contribution in [3.05, 3.63) is 36.7 Å². The average molecular weight is 328 g/mol. The van der Waals surface area contributed by atoms with Crippen LogP contribution in [0.4, 0.5) is 5.95 Å². The lowest BCUT2D eigenvalue weighted by atomic mass is 10.1. The topological polar surface area (TPSA) is 59.5 Å². The standard InChI is InChI=1S/C18H24N4O2/c1-23-17-5-3-15(4-6-17)16-13-20-18(21-14-16)19-7-2-8-22-9-11-24-12-10-22/h3-6,13-14H,2,7-12H2,1H3,(H,19,20,21). The summed E-state index contributed by atoms with van der Waals surface area (Å²) >= 11 is 0. The van der Waals surface area contributed by atoms with E-state index in [0.717, 1.165) is 62.7 Å². The summed E-state index contributed by atoms with van der Waals surface area (Å²) in [5.74, 6) is 1.52. The molecule has 0 unspecified atom stereocenters. The molecular weight excluding hydrogens is 304 g/mol. The zero-order valence-electron chi connectivity index (χ0n) is 14.1. The number of nitrogens with one attached hydrogen (secondary N) is 1. The van der Waals surface area contributed by atoms with Crippen LogP contribution in [0, 0.1) is 0 Å². The fourth-order valence-electron chi connectivity index (χ4n) is 2.68. The van der Waals surface area contributed by atoms with Crippen LogP contribution in [-0.4, -0.2) is 61.4 Å². The first-order chi connectivity index (χ1) is 11.8. The first kappa shape index (κ1) is 16.7. The second-order valence-corrected chi connectivity index (χ2v) is 5.76. The van der Waals surface area contributed by atoms with E-state index in [1.54, 1.807) is 7.11 Å². The van der Waals surface area contributed by atoms with Crippen LogP contribution in [0.1, 0.15) is 6.42 Å². The molecule has 1 aromatic carbocycles. The molecular formula is C18H24N4O2. The van der Waals surface area contributed by atoms with E-state index in [-0.39, 0.29) is 0 Å². The molecule has 0 bridgehead atoms. The summed E-state index contributed by atoms with van der Waals surface area (Å²) in [6.07, 6.45) is 4.77. The summed E-state index contributed by atoms with van der Waals surface area (Å²) in [6, 6.07) is 7.89. The van der Waals surface area contributed by atoms with Crippen LogP contribution in [0.2, 0.25) is 0 Å². The molecule has 1 N–H and O–H groups in total. The highest BCUT2D eigenvalue weighted by atomic mass is 16.5. The Morgan fingerprint density at radius 1 is 1.08 bits per heavy atom. The van der Waals surface area contributed by atoms with Crippen LogP contribution in [0.25, 0.3) is 11.1 Å². The Kier molecular flexibility index (Phi) is 5.98. The van der Waals surface area contributed by atoms with Gasteiger partial charge in [-0.15, -0.1) is 0 Å². The predicted molar refractivity (Wildman–Crippen MR) is 94.4 cm³/mol. The van der Waals surface area contributed by atoms with E-state index in [2.05, 4.69) is 20.2 Å². The molecule has 0 atom stereocenters. The van der Waals surface area contributed by atoms with Gasteiger partial charge >= 0.3 is 0 Å². The second-order valence-electron chi connectivity index (χ2n) is 5.76. The number of morpholine rings is 1. The summed E-state index contributed by atoms with van der Waals surface area (Å²) in [5.41, 5.74) is 2.08. The minimum Gasteiger partial charge on any atom is -0.497 e. The summed E-state index contributed by atoms with van der Waals surface area (Å²) in [7, 11) is 1.66. The van der Waals surface area contributed by atoms with Crippen LogP contribution in [0.5, 0.6) is 5.75 Å². The molecule has 1 aromatic heterocycles. The third kappa shape index (κ3) is 4.66. The fourth-order valence-corrected chi connectivity index (χ4v) is 2.68. The molecule has 6 heteroatoms. The van der Waals surface area contributed by atoms with Crippen LogP contribution in [0.3, 0.4) is 0 Å². The van der Waals surface area contributed by atoms with Crippen LogP contribution < -0.4 is 10.1 Å². The van der Waals surface area contributed by atoms with Gasteiger partial charge in [-0.1, -0.05) is 12.1 Å². The van der Waals surface area contributed by atoms with Crippen molar-refractivity contribution in [2.24, 2.45) is 0 Å². The van der Waals surface area contributed by atoms with Crippen molar-refractivity contribution in [2.75, 3.05) is 51.8 Å². The summed E-state index contributed by atoms with van der Waals surface area (Å²) in [4.78, 5) is 11.2. The van der Waals surface area contributed by atoms with Gasteiger partial charge in [0.15, 0.2) is 0 Å². The molecule has 6 nitrogen and oxygen atoms in total. The van der Waals surface area contributed by atoms with Gasteiger partial charge in [-0.3, -0.25) is 4.90 Å². The molecule has 3 rings (SSSR count). The van der Waals surface area contributed by atoms with Gasteiger partial charge in [0.25, 0.3) is 0 Å². The molecule has 1 saturated heterocycles. The van der Waals surface area contributed by atoms with Gasteiger partial charge in [-0.05, 0) is 30.7 Å². The van der Waals surface area contributed by atoms with E-state index in [9.17, 15) is 0 Å². The Morgan fingerprint density at radius 2 is 1.79 bits per heavy atom. The summed E-state index contributed by atoms with van der Waals surface area (Å²) in [6.45, 7) is 5.73. The summed E-state index contributed by atoms with van der Waals surface area (Å²) < 4.78 is 10.5.